The van der Waals surface area contributed by atoms with Gasteiger partial charge in [0.25, 0.3) is 5.91 Å². The van der Waals surface area contributed by atoms with Gasteiger partial charge in [0.2, 0.25) is 10.0 Å². The molecule has 140 valence electrons. The number of carbonyl (C=O) groups excluding carboxylic acids is 1. The number of hydrogen-bond acceptors (Lipinski definition) is 4. The zero-order chi connectivity index (χ0) is 19.3. The molecule has 0 aliphatic carbocycles. The van der Waals surface area contributed by atoms with Crippen LogP contribution in [-0.2, 0) is 10.0 Å². The molecular weight excluding hydrogens is 376 g/mol. The molecule has 0 saturated carbocycles. The highest BCUT2D eigenvalue weighted by atomic mass is 35.5. The summed E-state index contributed by atoms with van der Waals surface area (Å²) in [6, 6.07) is 9.48. The molecule has 0 aliphatic heterocycles. The lowest BCUT2D eigenvalue weighted by molar-refractivity contribution is 0.102. The van der Waals surface area contributed by atoms with Gasteiger partial charge in [-0.2, -0.15) is 0 Å². The van der Waals surface area contributed by atoms with Gasteiger partial charge < -0.3 is 10.1 Å². The highest BCUT2D eigenvalue weighted by molar-refractivity contribution is 7.89. The Balaban J connectivity index is 2.40. The minimum absolute atomic E-state index is 0.0725. The zero-order valence-corrected chi connectivity index (χ0v) is 16.4. The van der Waals surface area contributed by atoms with Crippen LogP contribution in [-0.4, -0.2) is 27.5 Å². The summed E-state index contributed by atoms with van der Waals surface area (Å²) in [5.74, 6) is -0.240. The van der Waals surface area contributed by atoms with Gasteiger partial charge in [0.1, 0.15) is 10.6 Å². The highest BCUT2D eigenvalue weighted by Crippen LogP contribution is 2.27. The fourth-order valence-electron chi connectivity index (χ4n) is 2.34. The second-order valence-electron chi connectivity index (χ2n) is 5.46. The lowest BCUT2D eigenvalue weighted by Gasteiger charge is -2.14. The van der Waals surface area contributed by atoms with Crippen molar-refractivity contribution in [1.29, 1.82) is 0 Å². The smallest absolute Gasteiger partial charge is 0.255 e. The number of anilines is 1. The van der Waals surface area contributed by atoms with E-state index in [4.69, 9.17) is 16.3 Å². The van der Waals surface area contributed by atoms with Crippen molar-refractivity contribution in [1.82, 2.24) is 4.72 Å². The summed E-state index contributed by atoms with van der Waals surface area (Å²) in [7, 11) is -3.78. The summed E-state index contributed by atoms with van der Waals surface area (Å²) in [6.07, 6.45) is 0. The van der Waals surface area contributed by atoms with Crippen LogP contribution < -0.4 is 14.8 Å². The molecule has 0 saturated heterocycles. The Morgan fingerprint density at radius 3 is 2.58 bits per heavy atom. The summed E-state index contributed by atoms with van der Waals surface area (Å²) in [4.78, 5) is 12.5. The van der Waals surface area contributed by atoms with Gasteiger partial charge in [-0.15, -0.1) is 0 Å². The van der Waals surface area contributed by atoms with Crippen LogP contribution in [0.2, 0.25) is 5.02 Å². The summed E-state index contributed by atoms with van der Waals surface area (Å²) >= 11 is 6.06. The Kier molecular flexibility index (Phi) is 6.63. The van der Waals surface area contributed by atoms with Gasteiger partial charge in [-0.1, -0.05) is 24.6 Å². The van der Waals surface area contributed by atoms with Crippen LogP contribution in [0.25, 0.3) is 0 Å². The zero-order valence-electron chi connectivity index (χ0n) is 14.8. The molecule has 2 aromatic carbocycles. The lowest BCUT2D eigenvalue weighted by atomic mass is 10.1. The van der Waals surface area contributed by atoms with E-state index >= 15 is 0 Å². The molecule has 0 radical (unpaired) electrons. The molecule has 8 heteroatoms. The van der Waals surface area contributed by atoms with Crippen LogP contribution in [0, 0.1) is 6.92 Å². The number of carbonyl (C=O) groups is 1. The summed E-state index contributed by atoms with van der Waals surface area (Å²) < 4.78 is 32.6. The first-order valence-electron chi connectivity index (χ1n) is 8.13. The summed E-state index contributed by atoms with van der Waals surface area (Å²) in [5.41, 5.74) is 1.49. The quantitative estimate of drug-likeness (QED) is 0.748. The van der Waals surface area contributed by atoms with E-state index in [1.54, 1.807) is 39.0 Å². The molecule has 1 amide bonds. The van der Waals surface area contributed by atoms with Crippen LogP contribution in [0.15, 0.2) is 41.3 Å². The normalized spacial score (nSPS) is 11.2. The van der Waals surface area contributed by atoms with Crippen LogP contribution in [0.4, 0.5) is 5.69 Å². The van der Waals surface area contributed by atoms with E-state index in [0.29, 0.717) is 17.3 Å². The van der Waals surface area contributed by atoms with Crippen molar-refractivity contribution >= 4 is 33.2 Å². The maximum absolute atomic E-state index is 12.6. The lowest BCUT2D eigenvalue weighted by Crippen LogP contribution is -2.24. The van der Waals surface area contributed by atoms with Crippen molar-refractivity contribution in [2.45, 2.75) is 25.7 Å². The van der Waals surface area contributed by atoms with Gasteiger partial charge in [-0.3, -0.25) is 4.79 Å². The molecule has 2 N–H and O–H groups in total. The number of rotatable bonds is 7. The molecule has 0 bridgehead atoms. The van der Waals surface area contributed by atoms with E-state index < -0.39 is 15.9 Å². The molecule has 6 nitrogen and oxygen atoms in total. The third kappa shape index (κ3) is 4.55. The maximum Gasteiger partial charge on any atom is 0.255 e. The SMILES string of the molecule is CCNS(=O)(=O)c1cc(C(=O)Nc2cccc(Cl)c2C)ccc1OCC. The van der Waals surface area contributed by atoms with Crippen molar-refractivity contribution < 1.29 is 17.9 Å². The molecule has 2 aromatic rings. The second-order valence-corrected chi connectivity index (χ2v) is 7.60. The number of halogens is 1. The van der Waals surface area contributed by atoms with E-state index in [2.05, 4.69) is 10.0 Å². The topological polar surface area (TPSA) is 84.5 Å². The van der Waals surface area contributed by atoms with Crippen molar-refractivity contribution in [3.8, 4) is 5.75 Å². The standard InChI is InChI=1S/C18H21ClN2O4S/c1-4-20-26(23,24)17-11-13(9-10-16(17)25-5-2)18(22)21-15-8-6-7-14(19)12(15)3/h6-11,20H,4-5H2,1-3H3,(H,21,22). The molecule has 0 heterocycles. The van der Waals surface area contributed by atoms with E-state index in [1.807, 2.05) is 0 Å². The van der Waals surface area contributed by atoms with Crippen molar-refractivity contribution in [2.24, 2.45) is 0 Å². The fraction of sp³-hybridized carbons (Fsp3) is 0.278. The monoisotopic (exact) mass is 396 g/mol. The third-order valence-electron chi connectivity index (χ3n) is 3.65. The van der Waals surface area contributed by atoms with Crippen LogP contribution in [0.5, 0.6) is 5.75 Å². The van der Waals surface area contributed by atoms with Gasteiger partial charge in [-0.25, -0.2) is 13.1 Å². The van der Waals surface area contributed by atoms with E-state index in [0.717, 1.165) is 5.56 Å². The summed E-state index contributed by atoms with van der Waals surface area (Å²) in [6.45, 7) is 5.76. The minimum atomic E-state index is -3.78. The number of amides is 1. The molecule has 0 spiro atoms. The Morgan fingerprint density at radius 1 is 1.19 bits per heavy atom. The molecule has 2 rings (SSSR count). The molecular formula is C18H21ClN2O4S. The number of benzene rings is 2. The number of ether oxygens (including phenoxy) is 1. The third-order valence-corrected chi connectivity index (χ3v) is 5.62. The second kappa shape index (κ2) is 8.53. The molecule has 0 aromatic heterocycles. The highest BCUT2D eigenvalue weighted by Gasteiger charge is 2.21. The average Bonchev–Trinajstić information content (AvgIpc) is 2.59. The minimum Gasteiger partial charge on any atom is -0.492 e. The molecule has 26 heavy (non-hydrogen) atoms. The molecule has 0 aliphatic rings. The number of nitrogens with one attached hydrogen (secondary N) is 2. The first-order valence-corrected chi connectivity index (χ1v) is 9.99. The number of hydrogen-bond donors (Lipinski definition) is 2. The van der Waals surface area contributed by atoms with Gasteiger partial charge >= 0.3 is 0 Å². The average molecular weight is 397 g/mol. The Hall–Kier alpha value is -2.09. The number of sulfonamides is 1. The Morgan fingerprint density at radius 2 is 1.92 bits per heavy atom. The van der Waals surface area contributed by atoms with E-state index in [9.17, 15) is 13.2 Å². The van der Waals surface area contributed by atoms with Crippen LogP contribution >= 0.6 is 11.6 Å². The summed E-state index contributed by atoms with van der Waals surface area (Å²) in [5, 5.41) is 3.28. The first-order chi connectivity index (χ1) is 12.3. The Labute approximate surface area is 158 Å². The predicted octanol–water partition coefficient (Wildman–Crippen LogP) is 3.60. The predicted molar refractivity (Wildman–Crippen MR) is 103 cm³/mol. The van der Waals surface area contributed by atoms with E-state index in [1.165, 1.54) is 18.2 Å². The van der Waals surface area contributed by atoms with E-state index in [-0.39, 0.29) is 22.8 Å². The fourth-order valence-corrected chi connectivity index (χ4v) is 3.72. The largest absolute Gasteiger partial charge is 0.492 e. The van der Waals surface area contributed by atoms with Gasteiger partial charge in [0, 0.05) is 22.8 Å². The molecule has 0 atom stereocenters. The van der Waals surface area contributed by atoms with Crippen LogP contribution in [0.3, 0.4) is 0 Å². The van der Waals surface area contributed by atoms with Crippen molar-refractivity contribution in [3.63, 3.8) is 0 Å². The molecule has 0 unspecified atom stereocenters. The first kappa shape index (κ1) is 20.2. The van der Waals surface area contributed by atoms with Gasteiger partial charge in [-0.05, 0) is 49.7 Å². The van der Waals surface area contributed by atoms with Crippen molar-refractivity contribution in [3.05, 3.63) is 52.5 Å². The molecule has 0 fully saturated rings. The maximum atomic E-state index is 12.6. The Bertz CT molecular complexity index is 913. The van der Waals surface area contributed by atoms with Crippen molar-refractivity contribution in [2.75, 3.05) is 18.5 Å². The van der Waals surface area contributed by atoms with Gasteiger partial charge in [0.15, 0.2) is 0 Å². The van der Waals surface area contributed by atoms with Gasteiger partial charge in [0.05, 0.1) is 6.61 Å². The van der Waals surface area contributed by atoms with Crippen LogP contribution in [0.1, 0.15) is 29.8 Å².